The summed E-state index contributed by atoms with van der Waals surface area (Å²) in [7, 11) is 0. The van der Waals surface area contributed by atoms with Crippen LogP contribution in [0.2, 0.25) is 5.02 Å². The van der Waals surface area contributed by atoms with Gasteiger partial charge in [-0.15, -0.1) is 10.2 Å². The lowest BCUT2D eigenvalue weighted by molar-refractivity contribution is 0.0947. The second kappa shape index (κ2) is 8.22. The van der Waals surface area contributed by atoms with Crippen LogP contribution in [0.15, 0.2) is 52.7 Å². The van der Waals surface area contributed by atoms with E-state index in [-0.39, 0.29) is 27.9 Å². The van der Waals surface area contributed by atoms with Crippen LogP contribution in [0.1, 0.15) is 40.5 Å². The molecule has 0 bridgehead atoms. The van der Waals surface area contributed by atoms with Crippen LogP contribution in [0.4, 0.5) is 0 Å². The third-order valence-electron chi connectivity index (χ3n) is 4.33. The molecule has 0 fully saturated rings. The molecule has 0 saturated heterocycles. The summed E-state index contributed by atoms with van der Waals surface area (Å²) in [5, 5.41) is 28.5. The number of benzene rings is 2. The average Bonchev–Trinajstić information content (AvgIpc) is 2.94. The van der Waals surface area contributed by atoms with E-state index in [0.717, 1.165) is 12.8 Å². The molecule has 1 aromatic heterocycles. The predicted octanol–water partition coefficient (Wildman–Crippen LogP) is 4.94. The molecule has 0 aliphatic carbocycles. The Morgan fingerprint density at radius 3 is 2.39 bits per heavy atom. The van der Waals surface area contributed by atoms with Gasteiger partial charge in [0.1, 0.15) is 0 Å². The van der Waals surface area contributed by atoms with E-state index in [0.29, 0.717) is 17.3 Å². The minimum Gasteiger partial charge on any atom is -0.494 e. The van der Waals surface area contributed by atoms with Crippen molar-refractivity contribution in [2.24, 2.45) is 10.2 Å². The number of nitrogens with zero attached hydrogens (tertiary/aromatic N) is 3. The number of azo groups is 1. The molecule has 28 heavy (non-hydrogen) atoms. The summed E-state index contributed by atoms with van der Waals surface area (Å²) in [6.45, 7) is 2.46. The first-order valence-corrected chi connectivity index (χ1v) is 9.11. The number of halogens is 1. The number of hydrogen-bond donors (Lipinski definition) is 2. The molecule has 0 aliphatic rings. The zero-order valence-electron chi connectivity index (χ0n) is 15.1. The largest absolute Gasteiger partial charge is 0.494 e. The smallest absolute Gasteiger partial charge is 0.297 e. The van der Waals surface area contributed by atoms with Crippen molar-refractivity contribution in [1.82, 2.24) is 4.57 Å². The van der Waals surface area contributed by atoms with Gasteiger partial charge >= 0.3 is 0 Å². The summed E-state index contributed by atoms with van der Waals surface area (Å²) in [5.41, 5.74) is 0.276. The molecule has 3 aromatic rings. The van der Waals surface area contributed by atoms with Crippen molar-refractivity contribution in [3.63, 3.8) is 0 Å². The van der Waals surface area contributed by atoms with Gasteiger partial charge in [0.2, 0.25) is 11.8 Å². The zero-order valence-corrected chi connectivity index (χ0v) is 15.8. The van der Waals surface area contributed by atoms with Crippen LogP contribution in [0.3, 0.4) is 0 Å². The van der Waals surface area contributed by atoms with Crippen molar-refractivity contribution < 1.29 is 19.8 Å². The Hall–Kier alpha value is -3.19. The molecule has 0 spiro atoms. The van der Waals surface area contributed by atoms with Gasteiger partial charge in [0.15, 0.2) is 0 Å². The summed E-state index contributed by atoms with van der Waals surface area (Å²) in [6.07, 6.45) is 1.68. The van der Waals surface area contributed by atoms with E-state index in [1.807, 2.05) is 6.92 Å². The zero-order chi connectivity index (χ0) is 20.3. The SMILES string of the molecule is CCCCn1c(O)c2ccc(C(=O)N=NC(=O)c3ccccc3Cl)cc2c1O. The lowest BCUT2D eigenvalue weighted by Crippen LogP contribution is -1.98. The molecule has 2 aromatic carbocycles. The van der Waals surface area contributed by atoms with Gasteiger partial charge in [0.25, 0.3) is 11.8 Å². The first-order chi connectivity index (χ1) is 13.4. The molecule has 7 nitrogen and oxygen atoms in total. The van der Waals surface area contributed by atoms with Crippen LogP contribution < -0.4 is 0 Å². The molecule has 0 aliphatic heterocycles. The molecule has 1 heterocycles. The summed E-state index contributed by atoms with van der Waals surface area (Å²) >= 11 is 5.93. The summed E-state index contributed by atoms with van der Waals surface area (Å²) in [5.74, 6) is -1.66. The second-order valence-electron chi connectivity index (χ2n) is 6.20. The summed E-state index contributed by atoms with van der Waals surface area (Å²) < 4.78 is 1.39. The highest BCUT2D eigenvalue weighted by Gasteiger charge is 2.18. The number of hydrogen-bond acceptors (Lipinski definition) is 4. The van der Waals surface area contributed by atoms with Crippen molar-refractivity contribution in [2.45, 2.75) is 26.3 Å². The molecular weight excluding hydrogens is 382 g/mol. The summed E-state index contributed by atoms with van der Waals surface area (Å²) in [6, 6.07) is 10.7. The molecule has 2 N–H and O–H groups in total. The topological polar surface area (TPSA) is 104 Å². The Balaban J connectivity index is 1.87. The number of rotatable bonds is 5. The minimum atomic E-state index is -0.748. The fourth-order valence-corrected chi connectivity index (χ4v) is 3.03. The number of carbonyl (C=O) groups excluding carboxylic acids is 2. The van der Waals surface area contributed by atoms with Crippen LogP contribution in [-0.2, 0) is 6.54 Å². The van der Waals surface area contributed by atoms with Crippen LogP contribution in [-0.4, -0.2) is 26.6 Å². The van der Waals surface area contributed by atoms with Crippen LogP contribution in [0.25, 0.3) is 10.8 Å². The first-order valence-electron chi connectivity index (χ1n) is 8.73. The van der Waals surface area contributed by atoms with Gasteiger partial charge in [-0.1, -0.05) is 37.1 Å². The number of aromatic hydroxyl groups is 2. The minimum absolute atomic E-state index is 0.0597. The van der Waals surface area contributed by atoms with E-state index in [2.05, 4.69) is 10.2 Å². The van der Waals surface area contributed by atoms with Crippen LogP contribution in [0.5, 0.6) is 11.8 Å². The van der Waals surface area contributed by atoms with Gasteiger partial charge in [0.05, 0.1) is 10.6 Å². The fourth-order valence-electron chi connectivity index (χ4n) is 2.81. The van der Waals surface area contributed by atoms with Gasteiger partial charge in [0, 0.05) is 22.9 Å². The van der Waals surface area contributed by atoms with Gasteiger partial charge in [-0.3, -0.25) is 14.2 Å². The molecule has 2 amide bonds. The van der Waals surface area contributed by atoms with Crippen molar-refractivity contribution in [2.75, 3.05) is 0 Å². The number of amides is 2. The van der Waals surface area contributed by atoms with Crippen molar-refractivity contribution >= 4 is 34.2 Å². The van der Waals surface area contributed by atoms with Gasteiger partial charge < -0.3 is 10.2 Å². The third kappa shape index (κ3) is 3.75. The van der Waals surface area contributed by atoms with Crippen LogP contribution in [0, 0.1) is 0 Å². The highest BCUT2D eigenvalue weighted by molar-refractivity contribution is 6.33. The molecule has 0 saturated carbocycles. The van der Waals surface area contributed by atoms with E-state index in [9.17, 15) is 19.8 Å². The van der Waals surface area contributed by atoms with Crippen molar-refractivity contribution in [1.29, 1.82) is 0 Å². The summed E-state index contributed by atoms with van der Waals surface area (Å²) in [4.78, 5) is 24.3. The third-order valence-corrected chi connectivity index (χ3v) is 4.66. The first kappa shape index (κ1) is 19.6. The Kier molecular flexibility index (Phi) is 5.75. The molecule has 3 rings (SSSR count). The maximum Gasteiger partial charge on any atom is 0.297 e. The maximum atomic E-state index is 12.3. The molecule has 8 heteroatoms. The van der Waals surface area contributed by atoms with Gasteiger partial charge in [-0.2, -0.15) is 0 Å². The normalized spacial score (nSPS) is 11.4. The number of carbonyl (C=O) groups is 2. The Morgan fingerprint density at radius 2 is 1.68 bits per heavy atom. The number of aromatic nitrogens is 1. The molecule has 0 radical (unpaired) electrons. The maximum absolute atomic E-state index is 12.3. The van der Waals surface area contributed by atoms with Gasteiger partial charge in [-0.05, 0) is 36.8 Å². The van der Waals surface area contributed by atoms with Crippen LogP contribution >= 0.6 is 11.6 Å². The second-order valence-corrected chi connectivity index (χ2v) is 6.61. The molecule has 0 unspecified atom stereocenters. The monoisotopic (exact) mass is 399 g/mol. The predicted molar refractivity (Wildman–Crippen MR) is 105 cm³/mol. The Morgan fingerprint density at radius 1 is 1.00 bits per heavy atom. The fraction of sp³-hybridized carbons (Fsp3) is 0.200. The highest BCUT2D eigenvalue weighted by Crippen LogP contribution is 2.37. The van der Waals surface area contributed by atoms with E-state index in [1.54, 1.807) is 18.2 Å². The van der Waals surface area contributed by atoms with E-state index in [1.165, 1.54) is 28.8 Å². The van der Waals surface area contributed by atoms with Crippen molar-refractivity contribution in [3.05, 3.63) is 58.6 Å². The lowest BCUT2D eigenvalue weighted by atomic mass is 10.1. The Bertz CT molecular complexity index is 1090. The lowest BCUT2D eigenvalue weighted by Gasteiger charge is -2.04. The van der Waals surface area contributed by atoms with E-state index in [4.69, 9.17) is 11.6 Å². The Labute approximate surface area is 165 Å². The van der Waals surface area contributed by atoms with Crippen molar-refractivity contribution in [3.8, 4) is 11.8 Å². The number of fused-ring (bicyclic) bond motifs is 1. The quantitative estimate of drug-likeness (QED) is 0.593. The highest BCUT2D eigenvalue weighted by atomic mass is 35.5. The molecular formula is C20H18ClN3O4. The average molecular weight is 400 g/mol. The van der Waals surface area contributed by atoms with Gasteiger partial charge in [-0.25, -0.2) is 0 Å². The molecule has 0 atom stereocenters. The molecule has 144 valence electrons. The van der Waals surface area contributed by atoms with E-state index < -0.39 is 11.8 Å². The van der Waals surface area contributed by atoms with E-state index >= 15 is 0 Å². The standard InChI is InChI=1S/C20H18ClN3O4/c1-2-3-10-24-19(27)13-9-8-12(11-15(13)20(24)28)17(25)22-23-18(26)14-6-4-5-7-16(14)21/h4-9,11,27-28H,2-3,10H2,1H3. The number of unbranched alkanes of at least 4 members (excludes halogenated alkanes) is 1.